The predicted octanol–water partition coefficient (Wildman–Crippen LogP) is 3.22. The van der Waals surface area contributed by atoms with Crippen LogP contribution in [0.1, 0.15) is 13.3 Å². The number of urea groups is 1. The van der Waals surface area contributed by atoms with Gasteiger partial charge in [-0.1, -0.05) is 24.4 Å². The number of hydrogen-bond acceptors (Lipinski definition) is 1. The fraction of sp³-hybridized carbons (Fsp3) is 0.308. The third-order valence-electron chi connectivity index (χ3n) is 2.16. The van der Waals surface area contributed by atoms with Gasteiger partial charge in [0.1, 0.15) is 0 Å². The number of amides is 2. The van der Waals surface area contributed by atoms with Crippen molar-refractivity contribution in [3.63, 3.8) is 0 Å². The molecule has 3 nitrogen and oxygen atoms in total. The van der Waals surface area contributed by atoms with Gasteiger partial charge >= 0.3 is 6.03 Å². The van der Waals surface area contributed by atoms with Crippen molar-refractivity contribution in [3.8, 4) is 12.3 Å². The van der Waals surface area contributed by atoms with E-state index in [1.54, 1.807) is 29.2 Å². The topological polar surface area (TPSA) is 32.3 Å². The highest BCUT2D eigenvalue weighted by molar-refractivity contribution is 6.30. The average Bonchev–Trinajstić information content (AvgIpc) is 2.32. The SMILES string of the molecule is C#CCN(CCC)C(=O)Nc1ccc(Cl)cc1. The van der Waals surface area contributed by atoms with E-state index in [4.69, 9.17) is 18.0 Å². The van der Waals surface area contributed by atoms with Crippen molar-refractivity contribution in [3.05, 3.63) is 29.3 Å². The Morgan fingerprint density at radius 1 is 1.47 bits per heavy atom. The van der Waals surface area contributed by atoms with Gasteiger partial charge in [-0.3, -0.25) is 0 Å². The normalized spacial score (nSPS) is 9.47. The van der Waals surface area contributed by atoms with Crippen molar-refractivity contribution in [1.29, 1.82) is 0 Å². The maximum atomic E-state index is 11.9. The smallest absolute Gasteiger partial charge is 0.313 e. The van der Waals surface area contributed by atoms with E-state index in [1.165, 1.54) is 0 Å². The van der Waals surface area contributed by atoms with Crippen molar-refractivity contribution >= 4 is 23.3 Å². The molecule has 0 atom stereocenters. The number of terminal acetylenes is 1. The lowest BCUT2D eigenvalue weighted by Gasteiger charge is -2.19. The Labute approximate surface area is 107 Å². The molecule has 0 aromatic heterocycles. The third kappa shape index (κ3) is 4.38. The van der Waals surface area contributed by atoms with Crippen LogP contribution < -0.4 is 5.32 Å². The van der Waals surface area contributed by atoms with Gasteiger partial charge in [-0.05, 0) is 30.7 Å². The molecular formula is C13H15ClN2O. The summed E-state index contributed by atoms with van der Waals surface area (Å²) < 4.78 is 0. The first-order chi connectivity index (χ1) is 8.17. The van der Waals surface area contributed by atoms with Crippen molar-refractivity contribution in [2.75, 3.05) is 18.4 Å². The standard InChI is InChI=1S/C13H15ClN2O/c1-3-9-16(10-4-2)13(17)15-12-7-5-11(14)6-8-12/h1,5-8H,4,9-10H2,2H3,(H,15,17). The van der Waals surface area contributed by atoms with Gasteiger partial charge in [0.2, 0.25) is 0 Å². The lowest BCUT2D eigenvalue weighted by atomic mass is 10.3. The number of halogens is 1. The molecule has 0 aliphatic rings. The number of rotatable bonds is 4. The summed E-state index contributed by atoms with van der Waals surface area (Å²) in [5.74, 6) is 2.47. The first-order valence-electron chi connectivity index (χ1n) is 5.42. The van der Waals surface area contributed by atoms with Crippen LogP contribution in [0.2, 0.25) is 5.02 Å². The highest BCUT2D eigenvalue weighted by atomic mass is 35.5. The molecule has 1 rings (SSSR count). The van der Waals surface area contributed by atoms with Gasteiger partial charge in [0.15, 0.2) is 0 Å². The Balaban J connectivity index is 2.63. The lowest BCUT2D eigenvalue weighted by Crippen LogP contribution is -2.35. The van der Waals surface area contributed by atoms with E-state index < -0.39 is 0 Å². The van der Waals surface area contributed by atoms with Crippen LogP contribution in [0.5, 0.6) is 0 Å². The van der Waals surface area contributed by atoms with E-state index in [0.717, 1.165) is 6.42 Å². The van der Waals surface area contributed by atoms with Crippen molar-refractivity contribution in [2.45, 2.75) is 13.3 Å². The highest BCUT2D eigenvalue weighted by Crippen LogP contribution is 2.13. The second-order valence-electron chi connectivity index (χ2n) is 3.56. The fourth-order valence-corrected chi connectivity index (χ4v) is 1.49. The third-order valence-corrected chi connectivity index (χ3v) is 2.41. The summed E-state index contributed by atoms with van der Waals surface area (Å²) in [6.45, 7) is 2.95. The van der Waals surface area contributed by atoms with Gasteiger partial charge in [0.25, 0.3) is 0 Å². The van der Waals surface area contributed by atoms with Crippen LogP contribution in [0, 0.1) is 12.3 Å². The van der Waals surface area contributed by atoms with Crippen LogP contribution in [0.15, 0.2) is 24.3 Å². The summed E-state index contributed by atoms with van der Waals surface area (Å²) in [7, 11) is 0. The number of carbonyl (C=O) groups excluding carboxylic acids is 1. The summed E-state index contributed by atoms with van der Waals surface area (Å²) in [6, 6.07) is 6.76. The Morgan fingerprint density at radius 3 is 2.65 bits per heavy atom. The quantitative estimate of drug-likeness (QED) is 0.818. The number of benzene rings is 1. The summed E-state index contributed by atoms with van der Waals surface area (Å²) in [5, 5.41) is 3.41. The van der Waals surface area contributed by atoms with Gasteiger partial charge in [-0.25, -0.2) is 4.79 Å². The van der Waals surface area contributed by atoms with Gasteiger partial charge in [-0.2, -0.15) is 0 Å². The van der Waals surface area contributed by atoms with Crippen LogP contribution in [0.3, 0.4) is 0 Å². The van der Waals surface area contributed by atoms with E-state index in [1.807, 2.05) is 6.92 Å². The van der Waals surface area contributed by atoms with Crippen LogP contribution in [0.4, 0.5) is 10.5 Å². The predicted molar refractivity (Wildman–Crippen MR) is 71.2 cm³/mol. The molecule has 0 spiro atoms. The minimum absolute atomic E-state index is 0.188. The summed E-state index contributed by atoms with van der Waals surface area (Å²) in [6.07, 6.45) is 6.09. The molecule has 0 unspecified atom stereocenters. The summed E-state index contributed by atoms with van der Waals surface area (Å²) in [5.41, 5.74) is 0.706. The molecule has 0 aliphatic heterocycles. The molecule has 1 aromatic rings. The molecule has 1 aromatic carbocycles. The number of carbonyl (C=O) groups is 1. The van der Waals surface area contributed by atoms with E-state index in [9.17, 15) is 4.79 Å². The molecular weight excluding hydrogens is 236 g/mol. The van der Waals surface area contributed by atoms with E-state index in [-0.39, 0.29) is 6.03 Å². The number of anilines is 1. The number of nitrogens with one attached hydrogen (secondary N) is 1. The van der Waals surface area contributed by atoms with Gasteiger partial charge in [0.05, 0.1) is 6.54 Å². The Kier molecular flexibility index (Phi) is 5.38. The zero-order valence-electron chi connectivity index (χ0n) is 9.74. The maximum Gasteiger partial charge on any atom is 0.322 e. The van der Waals surface area contributed by atoms with Crippen molar-refractivity contribution in [2.24, 2.45) is 0 Å². The van der Waals surface area contributed by atoms with Gasteiger partial charge in [0, 0.05) is 17.3 Å². The van der Waals surface area contributed by atoms with Gasteiger partial charge < -0.3 is 10.2 Å². The summed E-state index contributed by atoms with van der Waals surface area (Å²) in [4.78, 5) is 13.5. The molecule has 90 valence electrons. The second kappa shape index (κ2) is 6.82. The molecule has 2 amide bonds. The van der Waals surface area contributed by atoms with Crippen LogP contribution in [-0.2, 0) is 0 Å². The summed E-state index contributed by atoms with van der Waals surface area (Å²) >= 11 is 5.76. The lowest BCUT2D eigenvalue weighted by molar-refractivity contribution is 0.218. The van der Waals surface area contributed by atoms with Gasteiger partial charge in [-0.15, -0.1) is 6.42 Å². The second-order valence-corrected chi connectivity index (χ2v) is 4.00. The Bertz CT molecular complexity index is 408. The van der Waals surface area contributed by atoms with E-state index in [2.05, 4.69) is 11.2 Å². The molecule has 0 saturated carbocycles. The molecule has 1 N–H and O–H groups in total. The molecule has 0 fully saturated rings. The number of nitrogens with zero attached hydrogens (tertiary/aromatic N) is 1. The Hall–Kier alpha value is -1.66. The number of hydrogen-bond donors (Lipinski definition) is 1. The minimum Gasteiger partial charge on any atom is -0.313 e. The monoisotopic (exact) mass is 250 g/mol. The fourth-order valence-electron chi connectivity index (χ4n) is 1.37. The first-order valence-corrected chi connectivity index (χ1v) is 5.80. The van der Waals surface area contributed by atoms with Crippen LogP contribution in [0.25, 0.3) is 0 Å². The maximum absolute atomic E-state index is 11.9. The molecule has 0 radical (unpaired) electrons. The molecule has 17 heavy (non-hydrogen) atoms. The Morgan fingerprint density at radius 2 is 2.12 bits per heavy atom. The molecule has 0 saturated heterocycles. The minimum atomic E-state index is -0.188. The zero-order valence-corrected chi connectivity index (χ0v) is 10.5. The van der Waals surface area contributed by atoms with Crippen LogP contribution >= 0.6 is 11.6 Å². The van der Waals surface area contributed by atoms with Crippen LogP contribution in [-0.4, -0.2) is 24.0 Å². The molecule has 0 aliphatic carbocycles. The molecule has 0 heterocycles. The van der Waals surface area contributed by atoms with E-state index in [0.29, 0.717) is 23.8 Å². The largest absolute Gasteiger partial charge is 0.322 e. The van der Waals surface area contributed by atoms with E-state index >= 15 is 0 Å². The average molecular weight is 251 g/mol. The zero-order chi connectivity index (χ0) is 12.7. The van der Waals surface area contributed by atoms with Crippen molar-refractivity contribution < 1.29 is 4.79 Å². The molecule has 4 heteroatoms. The first kappa shape index (κ1) is 13.4. The van der Waals surface area contributed by atoms with Crippen molar-refractivity contribution in [1.82, 2.24) is 4.90 Å². The molecule has 0 bridgehead atoms. The highest BCUT2D eigenvalue weighted by Gasteiger charge is 2.10.